The van der Waals surface area contributed by atoms with E-state index in [0.29, 0.717) is 52.7 Å². The van der Waals surface area contributed by atoms with Gasteiger partial charge < -0.3 is 30.0 Å². The van der Waals surface area contributed by atoms with Crippen molar-refractivity contribution in [2.45, 2.75) is 19.1 Å². The van der Waals surface area contributed by atoms with Gasteiger partial charge in [-0.3, -0.25) is 9.78 Å². The maximum Gasteiger partial charge on any atom is 0.235 e. The van der Waals surface area contributed by atoms with Gasteiger partial charge in [0.2, 0.25) is 5.91 Å². The number of benzene rings is 3. The minimum Gasteiger partial charge on any atom is -0.493 e. The average molecular weight is 504 g/mol. The van der Waals surface area contributed by atoms with Crippen LogP contribution in [0.3, 0.4) is 0 Å². The molecule has 1 aliphatic carbocycles. The van der Waals surface area contributed by atoms with Crippen LogP contribution >= 0.6 is 0 Å². The molecule has 37 heavy (non-hydrogen) atoms. The molecule has 190 valence electrons. The number of fused-ring (bicyclic) bond motifs is 1. The molecule has 5 rings (SSSR count). The van der Waals surface area contributed by atoms with Gasteiger partial charge in [0.05, 0.1) is 25.2 Å². The van der Waals surface area contributed by atoms with Gasteiger partial charge in [0, 0.05) is 29.0 Å². The molecule has 1 atom stereocenters. The Morgan fingerprint density at radius 1 is 0.946 bits per heavy atom. The third kappa shape index (κ3) is 4.99. The van der Waals surface area contributed by atoms with Crippen LogP contribution in [-0.2, 0) is 4.79 Å². The molecule has 1 amide bonds. The number of aromatic nitrogens is 1. The number of ether oxygens (including phenoxy) is 3. The Bertz CT molecular complexity index is 1420. The number of amides is 1. The van der Waals surface area contributed by atoms with Crippen molar-refractivity contribution < 1.29 is 28.5 Å². The molecule has 1 saturated carbocycles. The summed E-state index contributed by atoms with van der Waals surface area (Å²) >= 11 is 0. The number of aliphatic hydroxyl groups is 1. The summed E-state index contributed by atoms with van der Waals surface area (Å²) in [6.45, 7) is 0. The minimum atomic E-state index is -1.09. The maximum atomic E-state index is 13.1. The van der Waals surface area contributed by atoms with Crippen molar-refractivity contribution in [1.82, 2.24) is 4.98 Å². The van der Waals surface area contributed by atoms with E-state index in [0.717, 1.165) is 5.39 Å². The monoisotopic (exact) mass is 503 g/mol. The number of hydrogen-bond acceptors (Lipinski definition) is 7. The second-order valence-corrected chi connectivity index (χ2v) is 8.82. The number of rotatable bonds is 9. The van der Waals surface area contributed by atoms with Crippen LogP contribution in [0.4, 0.5) is 15.8 Å². The van der Waals surface area contributed by atoms with Crippen molar-refractivity contribution >= 4 is 28.2 Å². The third-order valence-corrected chi connectivity index (χ3v) is 6.46. The van der Waals surface area contributed by atoms with E-state index >= 15 is 0 Å². The fourth-order valence-electron chi connectivity index (χ4n) is 4.13. The Morgan fingerprint density at radius 3 is 2.24 bits per heavy atom. The molecular formula is C28H26FN3O5. The van der Waals surface area contributed by atoms with Crippen LogP contribution in [0.5, 0.6) is 23.0 Å². The molecule has 1 aliphatic rings. The van der Waals surface area contributed by atoms with Gasteiger partial charge in [0.1, 0.15) is 23.5 Å². The Kier molecular flexibility index (Phi) is 6.54. The van der Waals surface area contributed by atoms with Crippen LogP contribution in [0.1, 0.15) is 12.8 Å². The topological polar surface area (TPSA) is 102 Å². The first kappa shape index (κ1) is 24.3. The van der Waals surface area contributed by atoms with Gasteiger partial charge in [-0.1, -0.05) is 0 Å². The summed E-state index contributed by atoms with van der Waals surface area (Å²) in [5.74, 6) is 1.63. The number of hydrogen-bond donors (Lipinski definition) is 3. The fourth-order valence-corrected chi connectivity index (χ4v) is 4.13. The van der Waals surface area contributed by atoms with Crippen LogP contribution in [0.15, 0.2) is 72.9 Å². The van der Waals surface area contributed by atoms with Gasteiger partial charge in [-0.15, -0.1) is 0 Å². The van der Waals surface area contributed by atoms with Crippen LogP contribution < -0.4 is 24.8 Å². The lowest BCUT2D eigenvalue weighted by Crippen LogP contribution is -2.39. The Morgan fingerprint density at radius 2 is 1.59 bits per heavy atom. The first-order valence-corrected chi connectivity index (χ1v) is 11.7. The first-order valence-electron chi connectivity index (χ1n) is 11.7. The van der Waals surface area contributed by atoms with Gasteiger partial charge in [0.15, 0.2) is 11.5 Å². The number of halogens is 1. The maximum absolute atomic E-state index is 13.1. The van der Waals surface area contributed by atoms with Crippen LogP contribution in [0, 0.1) is 11.2 Å². The van der Waals surface area contributed by atoms with E-state index in [4.69, 9.17) is 14.2 Å². The SMILES string of the molecule is COc1cc2nccc(Oc3ccc(NC(O)C4(C(=O)Nc5ccc(F)cc5)CC4)cc3)c2cc1OC. The summed E-state index contributed by atoms with van der Waals surface area (Å²) in [7, 11) is 3.14. The second kappa shape index (κ2) is 9.94. The highest BCUT2D eigenvalue weighted by molar-refractivity contribution is 5.98. The molecule has 0 aliphatic heterocycles. The molecule has 3 N–H and O–H groups in total. The quantitative estimate of drug-likeness (QED) is 0.265. The van der Waals surface area contributed by atoms with Gasteiger partial charge in [-0.2, -0.15) is 0 Å². The lowest BCUT2D eigenvalue weighted by molar-refractivity contribution is -0.124. The van der Waals surface area contributed by atoms with Crippen molar-refractivity contribution in [3.05, 3.63) is 78.7 Å². The standard InChI is InChI=1S/C28H26FN3O5/c1-35-24-15-21-22(16-25(24)36-2)30-14-11-23(21)37-20-9-7-19(8-10-20)32-27(34)28(12-13-28)26(33)31-18-5-3-17(29)4-6-18/h3-11,14-16,27,32,34H,12-13H2,1-2H3,(H,31,33). The van der Waals surface area contributed by atoms with Gasteiger partial charge in [0.25, 0.3) is 0 Å². The van der Waals surface area contributed by atoms with Crippen molar-refractivity contribution in [3.8, 4) is 23.0 Å². The highest BCUT2D eigenvalue weighted by Gasteiger charge is 2.55. The molecule has 0 radical (unpaired) electrons. The van der Waals surface area contributed by atoms with E-state index in [1.165, 1.54) is 24.3 Å². The first-order chi connectivity index (χ1) is 17.9. The average Bonchev–Trinajstić information content (AvgIpc) is 3.73. The zero-order valence-corrected chi connectivity index (χ0v) is 20.3. The number of anilines is 2. The normalized spacial score (nSPS) is 14.5. The number of carbonyl (C=O) groups is 1. The Hall–Kier alpha value is -4.37. The number of methoxy groups -OCH3 is 2. The molecule has 3 aromatic carbocycles. The third-order valence-electron chi connectivity index (χ3n) is 6.46. The lowest BCUT2D eigenvalue weighted by Gasteiger charge is -2.23. The van der Waals surface area contributed by atoms with E-state index in [-0.39, 0.29) is 11.7 Å². The zero-order valence-electron chi connectivity index (χ0n) is 20.3. The molecule has 0 saturated heterocycles. The number of aliphatic hydroxyl groups excluding tert-OH is 1. The summed E-state index contributed by atoms with van der Waals surface area (Å²) in [6, 6.07) is 17.9. The van der Waals surface area contributed by atoms with Crippen molar-refractivity contribution in [3.63, 3.8) is 0 Å². The fraction of sp³-hybridized carbons (Fsp3) is 0.214. The van der Waals surface area contributed by atoms with E-state index < -0.39 is 11.6 Å². The molecule has 0 bridgehead atoms. The van der Waals surface area contributed by atoms with Crippen molar-refractivity contribution in [1.29, 1.82) is 0 Å². The molecule has 4 aromatic rings. The Balaban J connectivity index is 1.27. The van der Waals surface area contributed by atoms with Gasteiger partial charge >= 0.3 is 0 Å². The zero-order chi connectivity index (χ0) is 26.0. The van der Waals surface area contributed by atoms with Crippen LogP contribution in [0.2, 0.25) is 0 Å². The minimum absolute atomic E-state index is 0.310. The van der Waals surface area contributed by atoms with E-state index in [9.17, 15) is 14.3 Å². The van der Waals surface area contributed by atoms with Crippen LogP contribution in [-0.4, -0.2) is 36.4 Å². The molecule has 1 aromatic heterocycles. The number of pyridine rings is 1. The van der Waals surface area contributed by atoms with Gasteiger partial charge in [-0.25, -0.2) is 4.39 Å². The molecule has 9 heteroatoms. The molecule has 1 fully saturated rings. The number of carbonyl (C=O) groups excluding carboxylic acids is 1. The van der Waals surface area contributed by atoms with Crippen LogP contribution in [0.25, 0.3) is 10.9 Å². The summed E-state index contributed by atoms with van der Waals surface area (Å²) in [5, 5.41) is 17.3. The summed E-state index contributed by atoms with van der Waals surface area (Å²) < 4.78 is 30.0. The molecular weight excluding hydrogens is 477 g/mol. The van der Waals surface area contributed by atoms with Crippen molar-refractivity contribution in [2.24, 2.45) is 5.41 Å². The van der Waals surface area contributed by atoms with E-state index in [2.05, 4.69) is 15.6 Å². The highest BCUT2D eigenvalue weighted by Crippen LogP contribution is 2.50. The second-order valence-electron chi connectivity index (χ2n) is 8.82. The predicted molar refractivity (Wildman–Crippen MR) is 138 cm³/mol. The van der Waals surface area contributed by atoms with Gasteiger partial charge in [-0.05, 0) is 73.5 Å². The van der Waals surface area contributed by atoms with E-state index in [1.807, 2.05) is 6.07 Å². The predicted octanol–water partition coefficient (Wildman–Crippen LogP) is 5.33. The number of nitrogens with one attached hydrogen (secondary N) is 2. The Labute approximate surface area is 213 Å². The summed E-state index contributed by atoms with van der Waals surface area (Å²) in [4.78, 5) is 17.2. The number of nitrogens with zero attached hydrogens (tertiary/aromatic N) is 1. The van der Waals surface area contributed by atoms with E-state index in [1.54, 1.807) is 56.8 Å². The molecule has 1 unspecified atom stereocenters. The van der Waals surface area contributed by atoms with Crippen molar-refractivity contribution in [2.75, 3.05) is 24.9 Å². The highest BCUT2D eigenvalue weighted by atomic mass is 19.1. The molecule has 8 nitrogen and oxygen atoms in total. The molecule has 0 spiro atoms. The summed E-state index contributed by atoms with van der Waals surface area (Å²) in [5.41, 5.74) is 0.863. The lowest BCUT2D eigenvalue weighted by atomic mass is 10.0. The molecule has 1 heterocycles. The summed E-state index contributed by atoms with van der Waals surface area (Å²) in [6.07, 6.45) is 1.64. The smallest absolute Gasteiger partial charge is 0.235 e. The largest absolute Gasteiger partial charge is 0.493 e.